The van der Waals surface area contributed by atoms with Gasteiger partial charge in [-0.3, -0.25) is 4.79 Å². The number of rotatable bonds is 4. The molecule has 1 aromatic rings. The van der Waals surface area contributed by atoms with Crippen LogP contribution in [0.15, 0.2) is 24.3 Å². The molecule has 0 fully saturated rings. The normalized spacial score (nSPS) is 10.9. The van der Waals surface area contributed by atoms with Crippen molar-refractivity contribution in [2.75, 3.05) is 14.2 Å². The zero-order valence-corrected chi connectivity index (χ0v) is 10.4. The van der Waals surface area contributed by atoms with E-state index in [9.17, 15) is 14.7 Å². The Bertz CT molecular complexity index is 502. The van der Waals surface area contributed by atoms with Gasteiger partial charge >= 0.3 is 5.97 Å². The lowest BCUT2D eigenvalue weighted by molar-refractivity contribution is -0.149. The van der Waals surface area contributed by atoms with Crippen molar-refractivity contribution >= 4 is 17.5 Å². The molecule has 1 aromatic carbocycles. The molecule has 5 nitrogen and oxygen atoms in total. The van der Waals surface area contributed by atoms with Crippen LogP contribution in [0, 0.1) is 6.92 Å². The maximum Gasteiger partial charge on any atom is 0.378 e. The molecule has 1 N–H and O–H groups in total. The number of esters is 1. The minimum absolute atomic E-state index is 0.342. The highest BCUT2D eigenvalue weighted by Gasteiger charge is 2.15. The summed E-state index contributed by atoms with van der Waals surface area (Å²) in [6.45, 7) is 1.83. The number of methoxy groups -OCH3 is 2. The highest BCUT2D eigenvalue weighted by atomic mass is 16.5. The predicted molar refractivity (Wildman–Crippen MR) is 65.4 cm³/mol. The molecule has 0 aliphatic carbocycles. The van der Waals surface area contributed by atoms with Crippen molar-refractivity contribution in [1.82, 2.24) is 0 Å². The number of hydrogen-bond donors (Lipinski definition) is 1. The molecule has 1 rings (SSSR count). The smallest absolute Gasteiger partial charge is 0.378 e. The topological polar surface area (TPSA) is 72.8 Å². The largest absolute Gasteiger partial charge is 0.507 e. The number of ketones is 1. The Labute approximate surface area is 105 Å². The van der Waals surface area contributed by atoms with Crippen molar-refractivity contribution in [2.24, 2.45) is 0 Å². The Morgan fingerprint density at radius 3 is 2.50 bits per heavy atom. The third-order valence-corrected chi connectivity index (χ3v) is 2.29. The number of carbonyl (C=O) groups excluding carboxylic acids is 2. The number of benzene rings is 1. The van der Waals surface area contributed by atoms with Crippen molar-refractivity contribution < 1.29 is 24.2 Å². The van der Waals surface area contributed by atoms with Crippen LogP contribution in [0.4, 0.5) is 0 Å². The SMILES string of the molecule is COC(=O)C(=O)/C=C(\O)c1cc(C)ccc1OC. The molecule has 0 saturated heterocycles. The van der Waals surface area contributed by atoms with Crippen LogP contribution < -0.4 is 4.74 Å². The molecule has 0 radical (unpaired) electrons. The molecule has 0 spiro atoms. The minimum Gasteiger partial charge on any atom is -0.507 e. The highest BCUT2D eigenvalue weighted by molar-refractivity contribution is 6.39. The van der Waals surface area contributed by atoms with E-state index >= 15 is 0 Å². The van der Waals surface area contributed by atoms with E-state index in [0.29, 0.717) is 11.3 Å². The molecule has 0 aromatic heterocycles. The third kappa shape index (κ3) is 3.10. The average Bonchev–Trinajstić information content (AvgIpc) is 2.37. The standard InChI is InChI=1S/C13H14O5/c1-8-4-5-12(17-2)9(6-8)10(14)7-11(15)13(16)18-3/h4-7,14H,1-3H3/b10-7-. The summed E-state index contributed by atoms with van der Waals surface area (Å²) in [6, 6.07) is 5.12. The molecular formula is C13H14O5. The van der Waals surface area contributed by atoms with Crippen molar-refractivity contribution in [3.05, 3.63) is 35.4 Å². The first-order valence-corrected chi connectivity index (χ1v) is 5.17. The first kappa shape index (κ1) is 13.8. The van der Waals surface area contributed by atoms with Crippen LogP contribution in [0.5, 0.6) is 5.75 Å². The lowest BCUT2D eigenvalue weighted by atomic mass is 10.1. The first-order chi connectivity index (χ1) is 8.49. The molecule has 0 unspecified atom stereocenters. The fourth-order valence-corrected chi connectivity index (χ4v) is 1.38. The van der Waals surface area contributed by atoms with Crippen LogP contribution >= 0.6 is 0 Å². The van der Waals surface area contributed by atoms with E-state index < -0.39 is 11.8 Å². The van der Waals surface area contributed by atoms with Crippen LogP contribution in [0.3, 0.4) is 0 Å². The number of aliphatic hydroxyl groups is 1. The van der Waals surface area contributed by atoms with Gasteiger partial charge in [-0.05, 0) is 19.1 Å². The lowest BCUT2D eigenvalue weighted by Crippen LogP contribution is -2.13. The van der Waals surface area contributed by atoms with Gasteiger partial charge in [0, 0.05) is 6.08 Å². The van der Waals surface area contributed by atoms with Crippen LogP contribution in [0.1, 0.15) is 11.1 Å². The molecule has 0 bridgehead atoms. The quantitative estimate of drug-likeness (QED) is 0.380. The van der Waals surface area contributed by atoms with E-state index in [1.54, 1.807) is 18.2 Å². The Kier molecular flexibility index (Phi) is 4.48. The van der Waals surface area contributed by atoms with Crippen molar-refractivity contribution in [3.8, 4) is 5.75 Å². The Morgan fingerprint density at radius 2 is 1.94 bits per heavy atom. The summed E-state index contributed by atoms with van der Waals surface area (Å²) in [4.78, 5) is 22.2. The first-order valence-electron chi connectivity index (χ1n) is 5.17. The van der Waals surface area contributed by atoms with E-state index in [1.165, 1.54) is 7.11 Å². The van der Waals surface area contributed by atoms with Crippen LogP contribution in [-0.2, 0) is 14.3 Å². The average molecular weight is 250 g/mol. The zero-order valence-electron chi connectivity index (χ0n) is 10.4. The number of carbonyl (C=O) groups is 2. The van der Waals surface area contributed by atoms with Gasteiger partial charge in [-0.25, -0.2) is 4.79 Å². The fourth-order valence-electron chi connectivity index (χ4n) is 1.38. The van der Waals surface area contributed by atoms with Gasteiger partial charge in [0.15, 0.2) is 0 Å². The molecule has 0 saturated carbocycles. The molecular weight excluding hydrogens is 236 g/mol. The second-order valence-corrected chi connectivity index (χ2v) is 3.59. The summed E-state index contributed by atoms with van der Waals surface area (Å²) in [7, 11) is 2.54. The van der Waals surface area contributed by atoms with Gasteiger partial charge in [-0.15, -0.1) is 0 Å². The van der Waals surface area contributed by atoms with Crippen LogP contribution in [-0.4, -0.2) is 31.1 Å². The Balaban J connectivity index is 3.13. The fraction of sp³-hybridized carbons (Fsp3) is 0.231. The second kappa shape index (κ2) is 5.86. The summed E-state index contributed by atoms with van der Waals surface area (Å²) < 4.78 is 9.32. The number of aliphatic hydroxyl groups excluding tert-OH is 1. The summed E-state index contributed by atoms with van der Waals surface area (Å²) >= 11 is 0. The number of aryl methyl sites for hydroxylation is 1. The Morgan fingerprint density at radius 1 is 1.28 bits per heavy atom. The maximum atomic E-state index is 11.3. The molecule has 18 heavy (non-hydrogen) atoms. The van der Waals surface area contributed by atoms with Crippen LogP contribution in [0.25, 0.3) is 5.76 Å². The molecule has 0 atom stereocenters. The Hall–Kier alpha value is -2.30. The second-order valence-electron chi connectivity index (χ2n) is 3.59. The molecule has 0 aliphatic heterocycles. The van der Waals surface area contributed by atoms with E-state index in [2.05, 4.69) is 4.74 Å². The molecule has 0 amide bonds. The number of ether oxygens (including phenoxy) is 2. The van der Waals surface area contributed by atoms with Gasteiger partial charge in [0.05, 0.1) is 19.8 Å². The lowest BCUT2D eigenvalue weighted by Gasteiger charge is -2.08. The molecule has 5 heteroatoms. The van der Waals surface area contributed by atoms with E-state index in [4.69, 9.17) is 4.74 Å². The van der Waals surface area contributed by atoms with Crippen molar-refractivity contribution in [1.29, 1.82) is 0 Å². The predicted octanol–water partition coefficient (Wildman–Crippen LogP) is 1.64. The number of hydrogen-bond acceptors (Lipinski definition) is 5. The van der Waals surface area contributed by atoms with Gasteiger partial charge in [0.25, 0.3) is 5.78 Å². The summed E-state index contributed by atoms with van der Waals surface area (Å²) in [5, 5.41) is 9.82. The monoisotopic (exact) mass is 250 g/mol. The summed E-state index contributed by atoms with van der Waals surface area (Å²) in [5.41, 5.74) is 1.23. The summed E-state index contributed by atoms with van der Waals surface area (Å²) in [5.74, 6) is -1.90. The van der Waals surface area contributed by atoms with E-state index in [0.717, 1.165) is 18.7 Å². The maximum absolute atomic E-state index is 11.3. The molecule has 0 heterocycles. The van der Waals surface area contributed by atoms with E-state index in [-0.39, 0.29) is 5.76 Å². The van der Waals surface area contributed by atoms with Crippen molar-refractivity contribution in [2.45, 2.75) is 6.92 Å². The van der Waals surface area contributed by atoms with Gasteiger partial charge in [-0.1, -0.05) is 11.6 Å². The van der Waals surface area contributed by atoms with Gasteiger partial charge < -0.3 is 14.6 Å². The molecule has 0 aliphatic rings. The zero-order chi connectivity index (χ0) is 13.7. The van der Waals surface area contributed by atoms with E-state index in [1.807, 2.05) is 6.92 Å². The highest BCUT2D eigenvalue weighted by Crippen LogP contribution is 2.25. The third-order valence-electron chi connectivity index (χ3n) is 2.29. The van der Waals surface area contributed by atoms with Gasteiger partial charge in [-0.2, -0.15) is 0 Å². The summed E-state index contributed by atoms with van der Waals surface area (Å²) in [6.07, 6.45) is 0.809. The van der Waals surface area contributed by atoms with Gasteiger partial charge in [0.1, 0.15) is 11.5 Å². The van der Waals surface area contributed by atoms with Gasteiger partial charge in [0.2, 0.25) is 0 Å². The molecule has 96 valence electrons. The van der Waals surface area contributed by atoms with Crippen LogP contribution in [0.2, 0.25) is 0 Å². The minimum atomic E-state index is -1.03. The van der Waals surface area contributed by atoms with Crippen molar-refractivity contribution in [3.63, 3.8) is 0 Å².